The van der Waals surface area contributed by atoms with Gasteiger partial charge in [0.15, 0.2) is 0 Å². The number of benzene rings is 5. The summed E-state index contributed by atoms with van der Waals surface area (Å²) in [6.07, 6.45) is 18.0. The third kappa shape index (κ3) is 3.31. The van der Waals surface area contributed by atoms with Gasteiger partial charge in [-0.05, 0) is 86.9 Å². The van der Waals surface area contributed by atoms with Crippen LogP contribution in [0.3, 0.4) is 0 Å². The minimum Gasteiger partial charge on any atom is -0.316 e. The molecule has 0 fully saturated rings. The Labute approximate surface area is 249 Å². The molecule has 5 aromatic carbocycles. The third-order valence-corrected chi connectivity index (χ3v) is 10.1. The Morgan fingerprint density at radius 3 is 2.47 bits per heavy atom. The molecule has 2 unspecified atom stereocenters. The van der Waals surface area contributed by atoms with E-state index >= 15 is 0 Å². The van der Waals surface area contributed by atoms with Crippen molar-refractivity contribution in [3.8, 4) is 0 Å². The molecule has 0 N–H and O–H groups in total. The molecule has 0 radical (unpaired) electrons. The van der Waals surface area contributed by atoms with Crippen molar-refractivity contribution < 1.29 is 0 Å². The number of imidazole rings is 1. The highest BCUT2D eigenvalue weighted by atomic mass is 15.1. The van der Waals surface area contributed by atoms with Crippen molar-refractivity contribution in [3.05, 3.63) is 138 Å². The normalized spacial score (nSPS) is 21.3. The van der Waals surface area contributed by atoms with Gasteiger partial charge in [0, 0.05) is 17.2 Å². The lowest BCUT2D eigenvalue weighted by atomic mass is 9.76. The Hall–Kier alpha value is -5.02. The molecule has 2 atom stereocenters. The number of para-hydroxylation sites is 2. The van der Waals surface area contributed by atoms with Gasteiger partial charge in [-0.3, -0.25) is 4.99 Å². The fourth-order valence-corrected chi connectivity index (χ4v) is 8.16. The maximum Gasteiger partial charge on any atom is 0.137 e. The van der Waals surface area contributed by atoms with Crippen LogP contribution >= 0.6 is 0 Å². The molecule has 0 saturated carbocycles. The summed E-state index contributed by atoms with van der Waals surface area (Å²) in [5.41, 5.74) is 10.1. The SMILES string of the molecule is C1=CC2C3=C(CCC(C4=NC(c5ccc6ccc7cccc8ccc5c6c78)=CCC4)=C3)c3nc4ccccc4n3C2C=C1. The van der Waals surface area contributed by atoms with Crippen LogP contribution in [0.2, 0.25) is 0 Å². The summed E-state index contributed by atoms with van der Waals surface area (Å²) < 4.78 is 2.48. The molecular weight excluding hydrogens is 522 g/mol. The molecule has 3 heterocycles. The van der Waals surface area contributed by atoms with Gasteiger partial charge in [-0.25, -0.2) is 4.98 Å². The fourth-order valence-electron chi connectivity index (χ4n) is 8.16. The number of rotatable bonds is 2. The molecule has 1 aromatic heterocycles. The van der Waals surface area contributed by atoms with Crippen LogP contribution in [0, 0.1) is 5.92 Å². The summed E-state index contributed by atoms with van der Waals surface area (Å²) >= 11 is 0. The van der Waals surface area contributed by atoms with E-state index in [4.69, 9.17) is 9.98 Å². The molecule has 2 aliphatic carbocycles. The first-order valence-electron chi connectivity index (χ1n) is 15.5. The molecule has 10 rings (SSSR count). The van der Waals surface area contributed by atoms with Crippen LogP contribution < -0.4 is 0 Å². The zero-order valence-electron chi connectivity index (χ0n) is 23.8. The van der Waals surface area contributed by atoms with Crippen LogP contribution in [0.5, 0.6) is 0 Å². The summed E-state index contributed by atoms with van der Waals surface area (Å²) in [5, 5.41) is 7.92. The maximum atomic E-state index is 5.41. The van der Waals surface area contributed by atoms with Crippen LogP contribution in [0.1, 0.15) is 43.1 Å². The smallest absolute Gasteiger partial charge is 0.137 e. The predicted octanol–water partition coefficient (Wildman–Crippen LogP) is 9.98. The Bertz CT molecular complexity index is 2340. The number of hydrogen-bond donors (Lipinski definition) is 0. The van der Waals surface area contributed by atoms with E-state index in [-0.39, 0.29) is 6.04 Å². The van der Waals surface area contributed by atoms with Crippen molar-refractivity contribution in [2.24, 2.45) is 10.9 Å². The van der Waals surface area contributed by atoms with E-state index in [0.29, 0.717) is 5.92 Å². The van der Waals surface area contributed by atoms with Crippen molar-refractivity contribution in [2.75, 3.05) is 0 Å². The minimum atomic E-state index is 0.253. The number of fused-ring (bicyclic) bond motifs is 7. The van der Waals surface area contributed by atoms with Crippen molar-refractivity contribution in [1.29, 1.82) is 0 Å². The van der Waals surface area contributed by atoms with Gasteiger partial charge < -0.3 is 4.57 Å². The van der Waals surface area contributed by atoms with Crippen LogP contribution in [-0.2, 0) is 0 Å². The van der Waals surface area contributed by atoms with Crippen molar-refractivity contribution in [1.82, 2.24) is 9.55 Å². The monoisotopic (exact) mass is 551 g/mol. The summed E-state index contributed by atoms with van der Waals surface area (Å²) in [6.45, 7) is 0. The van der Waals surface area contributed by atoms with Gasteiger partial charge in [-0.2, -0.15) is 0 Å². The first-order chi connectivity index (χ1) is 21.3. The van der Waals surface area contributed by atoms with E-state index in [1.807, 2.05) is 0 Å². The number of nitrogens with zero attached hydrogens (tertiary/aromatic N) is 3. The first-order valence-corrected chi connectivity index (χ1v) is 15.5. The maximum absolute atomic E-state index is 5.41. The molecule has 204 valence electrons. The summed E-state index contributed by atoms with van der Waals surface area (Å²) in [6, 6.07) is 29.1. The Balaban J connectivity index is 1.10. The quantitative estimate of drug-likeness (QED) is 0.197. The largest absolute Gasteiger partial charge is 0.316 e. The van der Waals surface area contributed by atoms with E-state index in [1.54, 1.807) is 0 Å². The average Bonchev–Trinajstić information content (AvgIpc) is 3.47. The number of aliphatic imine (C=N–C) groups is 1. The molecule has 6 aromatic rings. The summed E-state index contributed by atoms with van der Waals surface area (Å²) in [4.78, 5) is 10.6. The molecule has 43 heavy (non-hydrogen) atoms. The summed E-state index contributed by atoms with van der Waals surface area (Å²) in [7, 11) is 0. The van der Waals surface area contributed by atoms with Crippen LogP contribution in [0.15, 0.2) is 131 Å². The van der Waals surface area contributed by atoms with Crippen LogP contribution in [0.25, 0.3) is 54.6 Å². The van der Waals surface area contributed by atoms with Gasteiger partial charge in [0.25, 0.3) is 0 Å². The minimum absolute atomic E-state index is 0.253. The molecule has 2 aliphatic heterocycles. The molecule has 0 saturated heterocycles. The summed E-state index contributed by atoms with van der Waals surface area (Å²) in [5.74, 6) is 1.46. The second-order valence-electron chi connectivity index (χ2n) is 12.3. The zero-order chi connectivity index (χ0) is 28.1. The van der Waals surface area contributed by atoms with Crippen molar-refractivity contribution in [3.63, 3.8) is 0 Å². The lowest BCUT2D eigenvalue weighted by Crippen LogP contribution is -2.28. The molecule has 3 nitrogen and oxygen atoms in total. The molecular formula is C40H29N3. The van der Waals surface area contributed by atoms with Gasteiger partial charge in [0.1, 0.15) is 5.82 Å². The highest BCUT2D eigenvalue weighted by Crippen LogP contribution is 2.48. The van der Waals surface area contributed by atoms with Crippen molar-refractivity contribution >= 4 is 60.3 Å². The lowest BCUT2D eigenvalue weighted by Gasteiger charge is -2.37. The van der Waals surface area contributed by atoms with E-state index in [2.05, 4.69) is 120 Å². The first kappa shape index (κ1) is 23.5. The van der Waals surface area contributed by atoms with Crippen molar-refractivity contribution in [2.45, 2.75) is 31.7 Å². The standard InChI is InChI=1S/C40H29N3/c1-3-13-36-29(9-1)32-23-27(19-22-31(32)40-42-35-10-2-4-14-37(35)43(36)40)33-11-6-12-34(41-33)28-20-17-26-16-15-24-7-5-8-25-18-21-30(28)39(26)38(24)25/h1-5,7-10,12-18,20-21,23,29,36H,6,11,19,22H2. The molecule has 4 aliphatic rings. The molecule has 0 amide bonds. The predicted molar refractivity (Wildman–Crippen MR) is 180 cm³/mol. The highest BCUT2D eigenvalue weighted by molar-refractivity contribution is 6.24. The number of aromatic nitrogens is 2. The second kappa shape index (κ2) is 8.75. The molecule has 3 heteroatoms. The van der Waals surface area contributed by atoms with Gasteiger partial charge in [0.2, 0.25) is 0 Å². The Morgan fingerprint density at radius 1 is 0.721 bits per heavy atom. The second-order valence-corrected chi connectivity index (χ2v) is 12.3. The molecule has 0 spiro atoms. The fraction of sp³-hybridized carbons (Fsp3) is 0.150. The third-order valence-electron chi connectivity index (χ3n) is 10.1. The van der Waals surface area contributed by atoms with Crippen LogP contribution in [-0.4, -0.2) is 15.3 Å². The lowest BCUT2D eigenvalue weighted by molar-refractivity contribution is 0.498. The van der Waals surface area contributed by atoms with Gasteiger partial charge in [-0.1, -0.05) is 103 Å². The van der Waals surface area contributed by atoms with E-state index in [0.717, 1.165) is 42.7 Å². The van der Waals surface area contributed by atoms with Crippen LogP contribution in [0.4, 0.5) is 0 Å². The average molecular weight is 552 g/mol. The topological polar surface area (TPSA) is 30.2 Å². The Kier molecular flexibility index (Phi) is 4.79. The van der Waals surface area contributed by atoms with E-state index in [9.17, 15) is 0 Å². The van der Waals surface area contributed by atoms with Gasteiger partial charge >= 0.3 is 0 Å². The number of hydrogen-bond acceptors (Lipinski definition) is 2. The Morgan fingerprint density at radius 2 is 1.53 bits per heavy atom. The van der Waals surface area contributed by atoms with Gasteiger partial charge in [-0.15, -0.1) is 0 Å². The highest BCUT2D eigenvalue weighted by Gasteiger charge is 2.36. The van der Waals surface area contributed by atoms with E-state index in [1.165, 1.54) is 65.8 Å². The van der Waals surface area contributed by atoms with Gasteiger partial charge in [0.05, 0.1) is 22.8 Å². The van der Waals surface area contributed by atoms with E-state index < -0.39 is 0 Å². The molecule has 0 bridgehead atoms. The number of allylic oxidation sites excluding steroid dienone is 9. The zero-order valence-corrected chi connectivity index (χ0v) is 23.8.